The van der Waals surface area contributed by atoms with E-state index in [9.17, 15) is 4.79 Å². The molecule has 2 nitrogen and oxygen atoms in total. The molecule has 0 radical (unpaired) electrons. The highest BCUT2D eigenvalue weighted by molar-refractivity contribution is 6.63. The summed E-state index contributed by atoms with van der Waals surface area (Å²) in [6, 6.07) is 17.3. The number of hydrogen-bond donors (Lipinski definition) is 0. The van der Waals surface area contributed by atoms with Crippen LogP contribution in [0.15, 0.2) is 54.6 Å². The van der Waals surface area contributed by atoms with Gasteiger partial charge in [-0.05, 0) is 34.9 Å². The second kappa shape index (κ2) is 6.22. The monoisotopic (exact) mass is 260 g/mol. The van der Waals surface area contributed by atoms with E-state index in [4.69, 9.17) is 16.3 Å². The Balaban J connectivity index is 1.92. The fourth-order valence-electron chi connectivity index (χ4n) is 1.60. The molecule has 0 unspecified atom stereocenters. The number of ether oxygens (including phenoxy) is 1. The van der Waals surface area contributed by atoms with Crippen molar-refractivity contribution in [2.24, 2.45) is 0 Å². The highest BCUT2D eigenvalue weighted by Gasteiger charge is 2.00. The first kappa shape index (κ1) is 12.7. The first-order valence-electron chi connectivity index (χ1n) is 5.68. The highest BCUT2D eigenvalue weighted by atomic mass is 35.5. The van der Waals surface area contributed by atoms with Crippen LogP contribution in [0.5, 0.6) is 5.75 Å². The van der Waals surface area contributed by atoms with Crippen molar-refractivity contribution in [3.63, 3.8) is 0 Å². The Morgan fingerprint density at radius 1 is 0.944 bits per heavy atom. The van der Waals surface area contributed by atoms with Crippen LogP contribution in [0.4, 0.5) is 0 Å². The van der Waals surface area contributed by atoms with Gasteiger partial charge in [0.1, 0.15) is 12.4 Å². The molecule has 0 amide bonds. The number of carbonyl (C=O) groups is 1. The van der Waals surface area contributed by atoms with Gasteiger partial charge in [-0.2, -0.15) is 0 Å². The van der Waals surface area contributed by atoms with Gasteiger partial charge in [-0.1, -0.05) is 42.5 Å². The highest BCUT2D eigenvalue weighted by Crippen LogP contribution is 2.15. The van der Waals surface area contributed by atoms with Gasteiger partial charge < -0.3 is 4.74 Å². The SMILES string of the molecule is O=C(Cl)Cc1ccc(OCc2ccccc2)cc1. The molecule has 0 aliphatic carbocycles. The largest absolute Gasteiger partial charge is 0.489 e. The number of carbonyl (C=O) groups excluding carboxylic acids is 1. The molecule has 2 rings (SSSR count). The zero-order valence-electron chi connectivity index (χ0n) is 9.80. The van der Waals surface area contributed by atoms with E-state index in [0.717, 1.165) is 16.9 Å². The van der Waals surface area contributed by atoms with E-state index >= 15 is 0 Å². The first-order chi connectivity index (χ1) is 8.74. The smallest absolute Gasteiger partial charge is 0.226 e. The Morgan fingerprint density at radius 3 is 2.22 bits per heavy atom. The predicted molar refractivity (Wildman–Crippen MR) is 71.8 cm³/mol. The second-order valence-corrected chi connectivity index (χ2v) is 4.37. The van der Waals surface area contributed by atoms with Crippen LogP contribution in [0.2, 0.25) is 0 Å². The van der Waals surface area contributed by atoms with Crippen molar-refractivity contribution in [3.8, 4) is 5.75 Å². The molecular formula is C15H13ClO2. The Bertz CT molecular complexity index is 506. The summed E-state index contributed by atoms with van der Waals surface area (Å²) in [5.74, 6) is 0.782. The Kier molecular flexibility index (Phi) is 4.37. The molecule has 3 heteroatoms. The maximum absolute atomic E-state index is 10.7. The maximum atomic E-state index is 10.7. The second-order valence-electron chi connectivity index (χ2n) is 3.95. The third-order valence-corrected chi connectivity index (χ3v) is 2.65. The Hall–Kier alpha value is -1.80. The Labute approximate surface area is 111 Å². The molecule has 0 saturated heterocycles. The lowest BCUT2D eigenvalue weighted by Gasteiger charge is -2.06. The van der Waals surface area contributed by atoms with Gasteiger partial charge in [0.25, 0.3) is 0 Å². The fraction of sp³-hybridized carbons (Fsp3) is 0.133. The molecule has 0 aromatic heterocycles. The summed E-state index contributed by atoms with van der Waals surface area (Å²) >= 11 is 5.32. The van der Waals surface area contributed by atoms with Gasteiger partial charge in [0.05, 0.1) is 0 Å². The third kappa shape index (κ3) is 3.90. The van der Waals surface area contributed by atoms with E-state index in [-0.39, 0.29) is 11.7 Å². The van der Waals surface area contributed by atoms with E-state index < -0.39 is 0 Å². The summed E-state index contributed by atoms with van der Waals surface area (Å²) in [6.07, 6.45) is 0.251. The molecule has 18 heavy (non-hydrogen) atoms. The molecule has 0 heterocycles. The van der Waals surface area contributed by atoms with E-state index in [2.05, 4.69) is 0 Å². The number of halogens is 1. The van der Waals surface area contributed by atoms with E-state index in [0.29, 0.717) is 6.61 Å². The van der Waals surface area contributed by atoms with Gasteiger partial charge >= 0.3 is 0 Å². The molecule has 0 spiro atoms. The molecule has 2 aromatic carbocycles. The fourth-order valence-corrected chi connectivity index (χ4v) is 1.76. The predicted octanol–water partition coefficient (Wildman–Crippen LogP) is 3.57. The van der Waals surface area contributed by atoms with Crippen molar-refractivity contribution in [2.75, 3.05) is 0 Å². The molecule has 0 saturated carbocycles. The van der Waals surface area contributed by atoms with Crippen molar-refractivity contribution >= 4 is 16.8 Å². The Morgan fingerprint density at radius 2 is 1.61 bits per heavy atom. The molecule has 0 atom stereocenters. The van der Waals surface area contributed by atoms with E-state index in [1.54, 1.807) is 0 Å². The standard InChI is InChI=1S/C15H13ClO2/c16-15(17)10-12-6-8-14(9-7-12)18-11-13-4-2-1-3-5-13/h1-9H,10-11H2. The molecule has 2 aromatic rings. The first-order valence-corrected chi connectivity index (χ1v) is 6.06. The van der Waals surface area contributed by atoms with Crippen LogP contribution in [0.1, 0.15) is 11.1 Å². The van der Waals surface area contributed by atoms with E-state index in [1.807, 2.05) is 54.6 Å². The van der Waals surface area contributed by atoms with Crippen molar-refractivity contribution < 1.29 is 9.53 Å². The van der Waals surface area contributed by atoms with Gasteiger partial charge in [0, 0.05) is 6.42 Å². The average molecular weight is 261 g/mol. The minimum Gasteiger partial charge on any atom is -0.489 e. The number of rotatable bonds is 5. The molecule has 0 fully saturated rings. The summed E-state index contributed by atoms with van der Waals surface area (Å²) in [7, 11) is 0. The van der Waals surface area contributed by atoms with Crippen molar-refractivity contribution in [3.05, 3.63) is 65.7 Å². The summed E-state index contributed by atoms with van der Waals surface area (Å²) in [6.45, 7) is 0.536. The zero-order chi connectivity index (χ0) is 12.8. The zero-order valence-corrected chi connectivity index (χ0v) is 10.6. The van der Waals surface area contributed by atoms with E-state index in [1.165, 1.54) is 0 Å². The molecule has 92 valence electrons. The minimum absolute atomic E-state index is 0.251. The van der Waals surface area contributed by atoms with Crippen LogP contribution >= 0.6 is 11.6 Å². The summed E-state index contributed by atoms with van der Waals surface area (Å²) in [4.78, 5) is 10.7. The quantitative estimate of drug-likeness (QED) is 0.768. The molecule has 0 bridgehead atoms. The normalized spacial score (nSPS) is 10.1. The molecular weight excluding hydrogens is 248 g/mol. The minimum atomic E-state index is -0.354. The number of hydrogen-bond acceptors (Lipinski definition) is 2. The summed E-state index contributed by atoms with van der Waals surface area (Å²) < 4.78 is 5.63. The van der Waals surface area contributed by atoms with Crippen LogP contribution in [-0.2, 0) is 17.8 Å². The molecule has 0 aliphatic rings. The third-order valence-electron chi connectivity index (χ3n) is 2.51. The van der Waals surface area contributed by atoms with Gasteiger partial charge in [0.2, 0.25) is 5.24 Å². The van der Waals surface area contributed by atoms with Crippen molar-refractivity contribution in [1.82, 2.24) is 0 Å². The maximum Gasteiger partial charge on any atom is 0.226 e. The number of benzene rings is 2. The molecule has 0 aliphatic heterocycles. The topological polar surface area (TPSA) is 26.3 Å². The summed E-state index contributed by atoms with van der Waals surface area (Å²) in [5.41, 5.74) is 2.01. The van der Waals surface area contributed by atoms with Crippen LogP contribution in [0.3, 0.4) is 0 Å². The summed E-state index contributed by atoms with van der Waals surface area (Å²) in [5, 5.41) is -0.354. The average Bonchev–Trinajstić information content (AvgIpc) is 2.38. The van der Waals surface area contributed by atoms with Crippen molar-refractivity contribution in [2.45, 2.75) is 13.0 Å². The van der Waals surface area contributed by atoms with Gasteiger partial charge in [-0.25, -0.2) is 0 Å². The van der Waals surface area contributed by atoms with Gasteiger partial charge in [-0.3, -0.25) is 4.79 Å². The van der Waals surface area contributed by atoms with Crippen LogP contribution < -0.4 is 4.74 Å². The van der Waals surface area contributed by atoms with Crippen LogP contribution in [0, 0.1) is 0 Å². The van der Waals surface area contributed by atoms with Crippen molar-refractivity contribution in [1.29, 1.82) is 0 Å². The van der Waals surface area contributed by atoms with Gasteiger partial charge in [-0.15, -0.1) is 0 Å². The van der Waals surface area contributed by atoms with Gasteiger partial charge in [0.15, 0.2) is 0 Å². The lowest BCUT2D eigenvalue weighted by atomic mass is 10.1. The van der Waals surface area contributed by atoms with Crippen LogP contribution in [-0.4, -0.2) is 5.24 Å². The lowest BCUT2D eigenvalue weighted by Crippen LogP contribution is -1.96. The lowest BCUT2D eigenvalue weighted by molar-refractivity contribution is -0.111. The molecule has 0 N–H and O–H groups in total. The van der Waals surface area contributed by atoms with Crippen LogP contribution in [0.25, 0.3) is 0 Å².